The van der Waals surface area contributed by atoms with E-state index in [1.807, 2.05) is 6.07 Å². The van der Waals surface area contributed by atoms with Crippen LogP contribution in [-0.4, -0.2) is 104 Å². The molecule has 4 rings (SSSR count). The third-order valence-corrected chi connectivity index (χ3v) is 10.9. The molecule has 0 saturated carbocycles. The summed E-state index contributed by atoms with van der Waals surface area (Å²) >= 11 is 0. The molecule has 2 aromatic heterocycles. The maximum atomic E-state index is 13.2. The van der Waals surface area contributed by atoms with Crippen molar-refractivity contribution in [1.82, 2.24) is 24.8 Å². The minimum absolute atomic E-state index is 0.00200. The maximum absolute atomic E-state index is 13.2. The number of alkyl carbamates (subject to hydrolysis) is 1. The molecule has 0 radical (unpaired) electrons. The van der Waals surface area contributed by atoms with Gasteiger partial charge in [0.1, 0.15) is 50.8 Å². The molecule has 1 aliphatic heterocycles. The largest absolute Gasteiger partial charge is 0.508 e. The summed E-state index contributed by atoms with van der Waals surface area (Å²) < 4.78 is 33.7. The van der Waals surface area contributed by atoms with Crippen molar-refractivity contribution in [3.8, 4) is 0 Å². The van der Waals surface area contributed by atoms with Crippen molar-refractivity contribution >= 4 is 41.3 Å². The maximum Gasteiger partial charge on any atom is 0.508 e. The number of carbonyl (C=O) groups is 4. The average molecular weight is 901 g/mol. The number of esters is 2. The van der Waals surface area contributed by atoms with Crippen LogP contribution in [-0.2, 0) is 44.6 Å². The van der Waals surface area contributed by atoms with Crippen LogP contribution in [0.5, 0.6) is 0 Å². The van der Waals surface area contributed by atoms with Crippen LogP contribution < -0.4 is 16.6 Å². The average Bonchev–Trinajstić information content (AvgIpc) is 3.82. The Morgan fingerprint density at radius 2 is 1.45 bits per heavy atom. The number of unbranched alkanes of at least 4 members (excludes halogenated alkanes) is 14. The summed E-state index contributed by atoms with van der Waals surface area (Å²) in [7, 11) is 0. The SMILES string of the molecule is CCCCCCCCCCCCCCCCCC(=O)OC(COC(=O)OC[C@H]1O[C@@H](n2cnc3c(=O)[nH]c(N)nc32)[C@H](O)[C@@H]1O)COC(=O)[C@@H](NC(=O)OCc1ccccc1)C(C)C. The van der Waals surface area contributed by atoms with Gasteiger partial charge in [-0.3, -0.25) is 19.1 Å². The summed E-state index contributed by atoms with van der Waals surface area (Å²) in [5.41, 5.74) is 5.73. The molecule has 19 nitrogen and oxygen atoms in total. The summed E-state index contributed by atoms with van der Waals surface area (Å²) in [6, 6.07) is 7.90. The molecule has 1 aliphatic rings. The number of nitrogens with two attached hydrogens (primary N) is 1. The number of aliphatic hydroxyl groups excluding tert-OH is 2. The molecule has 0 aliphatic carbocycles. The Kier molecular flexibility index (Phi) is 22.3. The number of nitrogens with one attached hydrogen (secondary N) is 2. The fourth-order valence-electron chi connectivity index (χ4n) is 7.23. The number of imidazole rings is 1. The number of hydrogen-bond acceptors (Lipinski definition) is 16. The van der Waals surface area contributed by atoms with Crippen LogP contribution in [0, 0.1) is 5.92 Å². The highest BCUT2D eigenvalue weighted by Gasteiger charge is 2.45. The molecule has 1 amide bonds. The van der Waals surface area contributed by atoms with Gasteiger partial charge in [-0.05, 0) is 17.9 Å². The first-order valence-corrected chi connectivity index (χ1v) is 22.7. The van der Waals surface area contributed by atoms with Crippen LogP contribution in [0.1, 0.15) is 135 Å². The van der Waals surface area contributed by atoms with E-state index in [4.69, 9.17) is 34.2 Å². The quantitative estimate of drug-likeness (QED) is 0.0297. The number of benzene rings is 1. The van der Waals surface area contributed by atoms with Crippen LogP contribution in [0.25, 0.3) is 11.2 Å². The summed E-state index contributed by atoms with van der Waals surface area (Å²) in [6.07, 6.45) is 10.0. The third-order valence-electron chi connectivity index (χ3n) is 10.9. The molecule has 356 valence electrons. The lowest BCUT2D eigenvalue weighted by molar-refractivity contribution is -0.163. The predicted molar refractivity (Wildman–Crippen MR) is 235 cm³/mol. The van der Waals surface area contributed by atoms with E-state index in [2.05, 4.69) is 27.2 Å². The number of ether oxygens (including phenoxy) is 6. The summed E-state index contributed by atoms with van der Waals surface area (Å²) in [4.78, 5) is 74.1. The number of hydrogen-bond donors (Lipinski definition) is 5. The number of aromatic nitrogens is 4. The number of nitrogen functional groups attached to an aromatic ring is 1. The number of aromatic amines is 1. The molecule has 1 fully saturated rings. The Morgan fingerprint density at radius 1 is 0.844 bits per heavy atom. The molecule has 1 unspecified atom stereocenters. The van der Waals surface area contributed by atoms with Crippen molar-refractivity contribution in [2.75, 3.05) is 25.6 Å². The normalized spacial score (nSPS) is 18.1. The molecule has 0 spiro atoms. The van der Waals surface area contributed by atoms with E-state index in [0.717, 1.165) is 31.2 Å². The Labute approximate surface area is 374 Å². The van der Waals surface area contributed by atoms with Crippen LogP contribution in [0.2, 0.25) is 0 Å². The lowest BCUT2D eigenvalue weighted by atomic mass is 10.0. The number of nitrogens with zero attached hydrogens (tertiary/aromatic N) is 3. The van der Waals surface area contributed by atoms with Crippen molar-refractivity contribution in [3.63, 3.8) is 0 Å². The summed E-state index contributed by atoms with van der Waals surface area (Å²) in [6.45, 7) is 3.97. The van der Waals surface area contributed by atoms with Gasteiger partial charge < -0.3 is 49.7 Å². The van der Waals surface area contributed by atoms with Gasteiger partial charge in [-0.25, -0.2) is 19.4 Å². The van der Waals surface area contributed by atoms with Crippen molar-refractivity contribution in [2.24, 2.45) is 5.92 Å². The smallest absolute Gasteiger partial charge is 0.460 e. The predicted octanol–water partition coefficient (Wildman–Crippen LogP) is 6.14. The van der Waals surface area contributed by atoms with Gasteiger partial charge in [-0.1, -0.05) is 141 Å². The number of anilines is 1. The first-order valence-electron chi connectivity index (χ1n) is 22.7. The van der Waals surface area contributed by atoms with Gasteiger partial charge >= 0.3 is 24.2 Å². The second-order valence-corrected chi connectivity index (χ2v) is 16.6. The number of fused-ring (bicyclic) bond motifs is 1. The first kappa shape index (κ1) is 51.4. The highest BCUT2D eigenvalue weighted by molar-refractivity contribution is 5.81. The van der Waals surface area contributed by atoms with Gasteiger partial charge in [-0.2, -0.15) is 4.98 Å². The second kappa shape index (κ2) is 27.8. The molecule has 3 aromatic rings. The Morgan fingerprint density at radius 3 is 2.08 bits per heavy atom. The van der Waals surface area contributed by atoms with Crippen LogP contribution in [0.15, 0.2) is 41.5 Å². The lowest BCUT2D eigenvalue weighted by Gasteiger charge is -2.23. The van der Waals surface area contributed by atoms with E-state index in [-0.39, 0.29) is 30.1 Å². The lowest BCUT2D eigenvalue weighted by Crippen LogP contribution is -2.46. The minimum Gasteiger partial charge on any atom is -0.460 e. The zero-order valence-corrected chi connectivity index (χ0v) is 37.5. The fraction of sp³-hybridized carbons (Fsp3) is 0.667. The van der Waals surface area contributed by atoms with Crippen molar-refractivity contribution in [1.29, 1.82) is 0 Å². The summed E-state index contributed by atoms with van der Waals surface area (Å²) in [5, 5.41) is 24.0. The minimum atomic E-state index is -1.54. The zero-order valence-electron chi connectivity index (χ0n) is 37.5. The molecule has 6 N–H and O–H groups in total. The van der Waals surface area contributed by atoms with Gasteiger partial charge in [0.2, 0.25) is 5.95 Å². The van der Waals surface area contributed by atoms with Crippen LogP contribution in [0.3, 0.4) is 0 Å². The molecule has 1 aromatic carbocycles. The van der Waals surface area contributed by atoms with Gasteiger partial charge in [0.15, 0.2) is 23.5 Å². The number of aliphatic hydroxyl groups is 2. The number of amides is 1. The molecule has 64 heavy (non-hydrogen) atoms. The van der Waals surface area contributed by atoms with Crippen LogP contribution in [0.4, 0.5) is 15.5 Å². The van der Waals surface area contributed by atoms with E-state index < -0.39 is 92.2 Å². The number of carbonyl (C=O) groups excluding carboxylic acids is 4. The molecule has 19 heteroatoms. The topological polar surface area (TPSA) is 266 Å². The molecular formula is C45H68N6O13. The zero-order chi connectivity index (χ0) is 46.3. The fourth-order valence-corrected chi connectivity index (χ4v) is 7.23. The molecule has 6 atom stereocenters. The summed E-state index contributed by atoms with van der Waals surface area (Å²) in [5.74, 6) is -2.02. The van der Waals surface area contributed by atoms with E-state index >= 15 is 0 Å². The van der Waals surface area contributed by atoms with Gasteiger partial charge in [-0.15, -0.1) is 0 Å². The van der Waals surface area contributed by atoms with Gasteiger partial charge in [0, 0.05) is 6.42 Å². The van der Waals surface area contributed by atoms with E-state index in [9.17, 15) is 34.2 Å². The molecule has 0 bridgehead atoms. The van der Waals surface area contributed by atoms with Crippen molar-refractivity contribution < 1.29 is 57.8 Å². The third kappa shape index (κ3) is 17.4. The molecular weight excluding hydrogens is 833 g/mol. The van der Waals surface area contributed by atoms with Crippen LogP contribution >= 0.6 is 0 Å². The van der Waals surface area contributed by atoms with Crippen molar-refractivity contribution in [2.45, 2.75) is 167 Å². The number of H-pyrrole nitrogens is 1. The Balaban J connectivity index is 1.24. The van der Waals surface area contributed by atoms with E-state index in [0.29, 0.717) is 6.42 Å². The van der Waals surface area contributed by atoms with Gasteiger partial charge in [0.05, 0.1) is 6.33 Å². The monoisotopic (exact) mass is 900 g/mol. The van der Waals surface area contributed by atoms with E-state index in [1.165, 1.54) is 75.1 Å². The van der Waals surface area contributed by atoms with E-state index in [1.54, 1.807) is 38.1 Å². The second-order valence-electron chi connectivity index (χ2n) is 16.6. The Bertz CT molecular complexity index is 1930. The first-order chi connectivity index (χ1) is 30.9. The standard InChI is InChI=1S/C45H68N6O13/c1-4-5-6-7-8-9-10-11-12-13-14-15-16-17-21-24-34(52)63-32(26-59-42(56)35(30(2)3)48-44(57)60-25-31-22-19-18-20-23-31)27-61-45(58)62-28-33-37(53)38(54)41(64-33)51-29-47-36-39(51)49-43(46)50-40(36)55/h18-20,22-23,29-30,32-33,35,37-38,41,53-54H,4-17,21,24-28H2,1-3H3,(H,48,57)(H3,46,49,50,55)/t32?,33-,35+,37-,38-,41-/m1/s1. The van der Waals surface area contributed by atoms with Gasteiger partial charge in [0.25, 0.3) is 5.56 Å². The highest BCUT2D eigenvalue weighted by Crippen LogP contribution is 2.31. The number of rotatable bonds is 29. The molecule has 3 heterocycles. The molecule has 1 saturated heterocycles. The van der Waals surface area contributed by atoms with Crippen molar-refractivity contribution in [3.05, 3.63) is 52.6 Å². The highest BCUT2D eigenvalue weighted by atomic mass is 16.7. The Hall–Kier alpha value is -5.27.